The van der Waals surface area contributed by atoms with Gasteiger partial charge in [0.1, 0.15) is 0 Å². The Hall–Kier alpha value is -1.48. The zero-order valence-electron chi connectivity index (χ0n) is 10.7. The van der Waals surface area contributed by atoms with Crippen molar-refractivity contribution in [2.24, 2.45) is 0 Å². The quantitative estimate of drug-likeness (QED) is 0.820. The molecular weight excluding hydrogens is 259 g/mol. The predicted molar refractivity (Wildman–Crippen MR) is 76.5 cm³/mol. The molecule has 0 aromatic heterocycles. The second-order valence-electron chi connectivity index (χ2n) is 4.79. The summed E-state index contributed by atoms with van der Waals surface area (Å²) in [6.07, 6.45) is 0. The van der Waals surface area contributed by atoms with Crippen molar-refractivity contribution in [2.45, 2.75) is 17.7 Å². The van der Waals surface area contributed by atoms with E-state index >= 15 is 0 Å². The van der Waals surface area contributed by atoms with Crippen molar-refractivity contribution in [3.8, 4) is 5.75 Å². The lowest BCUT2D eigenvalue weighted by molar-refractivity contribution is 0.283. The van der Waals surface area contributed by atoms with Crippen LogP contribution in [0.3, 0.4) is 0 Å². The van der Waals surface area contributed by atoms with Crippen LogP contribution in [0.2, 0.25) is 0 Å². The second-order valence-corrected chi connectivity index (χ2v) is 5.85. The summed E-state index contributed by atoms with van der Waals surface area (Å²) >= 11 is 1.84. The summed E-state index contributed by atoms with van der Waals surface area (Å²) in [5.41, 5.74) is 2.33. The predicted octanol–water partition coefficient (Wildman–Crippen LogP) is 4.40. The number of fused-ring (bicyclic) bond motifs is 1. The third-order valence-corrected chi connectivity index (χ3v) is 4.58. The first-order valence-electron chi connectivity index (χ1n) is 6.35. The van der Waals surface area contributed by atoms with Crippen LogP contribution in [-0.4, -0.2) is 12.4 Å². The highest BCUT2D eigenvalue weighted by molar-refractivity contribution is 7.99. The molecule has 1 heterocycles. The average molecular weight is 274 g/mol. The Balaban J connectivity index is 1.72. The van der Waals surface area contributed by atoms with Gasteiger partial charge in [-0.3, -0.25) is 0 Å². The molecule has 1 aliphatic rings. The standard InChI is InChI=1S/C16H15FOS/c1-11-6-7-14(17)15(8-11)18-9-12-10-19-16-5-3-2-4-13(12)16/h2-8,12H,9-10H2,1H3. The molecule has 2 aromatic carbocycles. The molecule has 0 saturated carbocycles. The second kappa shape index (κ2) is 5.25. The van der Waals surface area contributed by atoms with Crippen LogP contribution < -0.4 is 4.74 Å². The van der Waals surface area contributed by atoms with Gasteiger partial charge in [0.2, 0.25) is 0 Å². The van der Waals surface area contributed by atoms with Crippen molar-refractivity contribution in [3.63, 3.8) is 0 Å². The number of ether oxygens (including phenoxy) is 1. The van der Waals surface area contributed by atoms with Crippen LogP contribution >= 0.6 is 11.8 Å². The summed E-state index contributed by atoms with van der Waals surface area (Å²) in [4.78, 5) is 1.32. The van der Waals surface area contributed by atoms with E-state index in [0.717, 1.165) is 11.3 Å². The van der Waals surface area contributed by atoms with E-state index in [2.05, 4.69) is 18.2 Å². The minimum absolute atomic E-state index is 0.287. The Kier molecular flexibility index (Phi) is 3.47. The van der Waals surface area contributed by atoms with Gasteiger partial charge in [0.25, 0.3) is 0 Å². The van der Waals surface area contributed by atoms with Crippen LogP contribution in [0.4, 0.5) is 4.39 Å². The Bertz CT molecular complexity index is 597. The van der Waals surface area contributed by atoms with Crippen molar-refractivity contribution in [1.29, 1.82) is 0 Å². The number of halogens is 1. The molecule has 0 radical (unpaired) electrons. The van der Waals surface area contributed by atoms with E-state index in [1.54, 1.807) is 12.1 Å². The number of thioether (sulfide) groups is 1. The summed E-state index contributed by atoms with van der Waals surface area (Å²) in [5.74, 6) is 1.42. The van der Waals surface area contributed by atoms with Gasteiger partial charge < -0.3 is 4.74 Å². The van der Waals surface area contributed by atoms with E-state index in [-0.39, 0.29) is 5.82 Å². The Morgan fingerprint density at radius 2 is 2.11 bits per heavy atom. The molecule has 0 bridgehead atoms. The number of hydrogen-bond donors (Lipinski definition) is 0. The van der Waals surface area contributed by atoms with E-state index in [1.807, 2.05) is 24.8 Å². The fourth-order valence-electron chi connectivity index (χ4n) is 2.28. The van der Waals surface area contributed by atoms with E-state index in [4.69, 9.17) is 4.74 Å². The normalized spacial score (nSPS) is 17.3. The van der Waals surface area contributed by atoms with Crippen LogP contribution in [0, 0.1) is 12.7 Å². The topological polar surface area (TPSA) is 9.23 Å². The van der Waals surface area contributed by atoms with Crippen LogP contribution in [0.15, 0.2) is 47.4 Å². The number of aryl methyl sites for hydroxylation is 1. The van der Waals surface area contributed by atoms with Crippen LogP contribution in [0.1, 0.15) is 17.0 Å². The Labute approximate surface area is 116 Å². The van der Waals surface area contributed by atoms with Gasteiger partial charge in [0.05, 0.1) is 6.61 Å². The molecule has 19 heavy (non-hydrogen) atoms. The van der Waals surface area contributed by atoms with Gasteiger partial charge in [-0.15, -0.1) is 11.8 Å². The van der Waals surface area contributed by atoms with Crippen molar-refractivity contribution < 1.29 is 9.13 Å². The first-order chi connectivity index (χ1) is 9.24. The molecule has 1 aliphatic heterocycles. The molecule has 0 fully saturated rings. The fourth-order valence-corrected chi connectivity index (χ4v) is 3.51. The number of hydrogen-bond acceptors (Lipinski definition) is 2. The van der Waals surface area contributed by atoms with Crippen molar-refractivity contribution >= 4 is 11.8 Å². The highest BCUT2D eigenvalue weighted by Gasteiger charge is 2.23. The molecule has 98 valence electrons. The molecule has 0 N–H and O–H groups in total. The SMILES string of the molecule is Cc1ccc(F)c(OCC2CSc3ccccc32)c1. The molecular formula is C16H15FOS. The fraction of sp³-hybridized carbons (Fsp3) is 0.250. The molecule has 0 aliphatic carbocycles. The Morgan fingerprint density at radius 3 is 3.00 bits per heavy atom. The summed E-state index contributed by atoms with van der Waals surface area (Å²) in [5, 5.41) is 0. The molecule has 0 spiro atoms. The summed E-state index contributed by atoms with van der Waals surface area (Å²) in [7, 11) is 0. The zero-order valence-corrected chi connectivity index (χ0v) is 11.5. The summed E-state index contributed by atoms with van der Waals surface area (Å²) in [6, 6.07) is 13.3. The van der Waals surface area contributed by atoms with Crippen molar-refractivity contribution in [2.75, 3.05) is 12.4 Å². The molecule has 1 atom stereocenters. The lowest BCUT2D eigenvalue weighted by Gasteiger charge is -2.13. The van der Waals surface area contributed by atoms with Gasteiger partial charge in [0.15, 0.2) is 11.6 Å². The highest BCUT2D eigenvalue weighted by Crippen LogP contribution is 2.39. The van der Waals surface area contributed by atoms with Crippen LogP contribution in [0.25, 0.3) is 0 Å². The molecule has 3 heteroatoms. The monoisotopic (exact) mass is 274 g/mol. The van der Waals surface area contributed by atoms with Crippen molar-refractivity contribution in [3.05, 3.63) is 59.4 Å². The summed E-state index contributed by atoms with van der Waals surface area (Å²) in [6.45, 7) is 2.47. The van der Waals surface area contributed by atoms with Crippen LogP contribution in [0.5, 0.6) is 5.75 Å². The Morgan fingerprint density at radius 1 is 1.26 bits per heavy atom. The van der Waals surface area contributed by atoms with E-state index < -0.39 is 0 Å². The van der Waals surface area contributed by atoms with Crippen molar-refractivity contribution in [1.82, 2.24) is 0 Å². The number of rotatable bonds is 3. The summed E-state index contributed by atoms with van der Waals surface area (Å²) < 4.78 is 19.3. The van der Waals surface area contributed by atoms with Gasteiger partial charge >= 0.3 is 0 Å². The highest BCUT2D eigenvalue weighted by atomic mass is 32.2. The molecule has 1 unspecified atom stereocenters. The molecule has 2 aromatic rings. The minimum Gasteiger partial charge on any atom is -0.490 e. The van der Waals surface area contributed by atoms with Crippen LogP contribution in [-0.2, 0) is 0 Å². The van der Waals surface area contributed by atoms with E-state index in [0.29, 0.717) is 18.3 Å². The van der Waals surface area contributed by atoms with Gasteiger partial charge in [-0.1, -0.05) is 24.3 Å². The van der Waals surface area contributed by atoms with E-state index in [1.165, 1.54) is 16.5 Å². The maximum absolute atomic E-state index is 13.6. The lowest BCUT2D eigenvalue weighted by Crippen LogP contribution is -2.10. The first-order valence-corrected chi connectivity index (χ1v) is 7.33. The largest absolute Gasteiger partial charge is 0.490 e. The molecule has 1 nitrogen and oxygen atoms in total. The number of benzene rings is 2. The first kappa shape index (κ1) is 12.5. The third kappa shape index (κ3) is 2.61. The average Bonchev–Trinajstić information content (AvgIpc) is 2.83. The molecule has 3 rings (SSSR count). The van der Waals surface area contributed by atoms with Gasteiger partial charge in [-0.05, 0) is 36.2 Å². The third-order valence-electron chi connectivity index (χ3n) is 3.33. The lowest BCUT2D eigenvalue weighted by atomic mass is 10.0. The molecule has 0 saturated heterocycles. The maximum Gasteiger partial charge on any atom is 0.165 e. The van der Waals surface area contributed by atoms with Gasteiger partial charge in [-0.25, -0.2) is 4.39 Å². The van der Waals surface area contributed by atoms with E-state index in [9.17, 15) is 4.39 Å². The van der Waals surface area contributed by atoms with Gasteiger partial charge in [0, 0.05) is 16.6 Å². The van der Waals surface area contributed by atoms with Gasteiger partial charge in [-0.2, -0.15) is 0 Å². The smallest absolute Gasteiger partial charge is 0.165 e. The maximum atomic E-state index is 13.6. The minimum atomic E-state index is -0.287. The molecule has 0 amide bonds. The zero-order chi connectivity index (χ0) is 13.2.